The molecule has 2 N–H and O–H groups in total. The fourth-order valence-electron chi connectivity index (χ4n) is 1.28. The molecule has 0 saturated heterocycles. The van der Waals surface area contributed by atoms with Crippen LogP contribution in [0.3, 0.4) is 0 Å². The number of halogens is 1. The molecule has 80 valence electrons. The molecule has 0 aliphatic heterocycles. The predicted molar refractivity (Wildman–Crippen MR) is 71.7 cm³/mol. The van der Waals surface area contributed by atoms with Crippen LogP contribution >= 0.6 is 34.4 Å². The predicted octanol–water partition coefficient (Wildman–Crippen LogP) is 2.44. The van der Waals surface area contributed by atoms with Gasteiger partial charge in [0, 0.05) is 10.1 Å². The number of alkyl halides is 1. The summed E-state index contributed by atoms with van der Waals surface area (Å²) < 4.78 is 0.995. The lowest BCUT2D eigenvalue weighted by Crippen LogP contribution is -2.49. The van der Waals surface area contributed by atoms with Gasteiger partial charge >= 0.3 is 0 Å². The first kappa shape index (κ1) is 14.0. The van der Waals surface area contributed by atoms with Crippen molar-refractivity contribution in [2.75, 3.05) is 17.9 Å². The lowest BCUT2D eigenvalue weighted by atomic mass is 9.96. The number of nitrogens with one attached hydrogen (secondary N) is 2. The molecule has 0 aliphatic rings. The van der Waals surface area contributed by atoms with Gasteiger partial charge in [-0.15, -0.1) is 11.8 Å². The first-order valence-electron chi connectivity index (χ1n) is 4.44. The van der Waals surface area contributed by atoms with Gasteiger partial charge in [0.2, 0.25) is 0 Å². The monoisotopic (exact) mass is 316 g/mol. The number of hydrogen-bond acceptors (Lipinski definition) is 3. The molecule has 2 nitrogen and oxygen atoms in total. The molecule has 0 aromatic carbocycles. The van der Waals surface area contributed by atoms with Crippen molar-refractivity contribution < 1.29 is 0 Å². The molecule has 0 saturated carbocycles. The van der Waals surface area contributed by atoms with Crippen molar-refractivity contribution in [1.82, 2.24) is 10.6 Å². The quantitative estimate of drug-likeness (QED) is 0.341. The van der Waals surface area contributed by atoms with Crippen LogP contribution in [-0.2, 0) is 0 Å². The van der Waals surface area contributed by atoms with Crippen LogP contribution in [0.15, 0.2) is 0 Å². The van der Waals surface area contributed by atoms with Crippen molar-refractivity contribution in [1.29, 1.82) is 0 Å². The van der Waals surface area contributed by atoms with Gasteiger partial charge < -0.3 is 5.32 Å². The van der Waals surface area contributed by atoms with E-state index in [9.17, 15) is 0 Å². The molecule has 0 fully saturated rings. The Bertz CT molecular complexity index is 153. The lowest BCUT2D eigenvalue weighted by molar-refractivity contribution is 0.327. The van der Waals surface area contributed by atoms with E-state index in [4.69, 9.17) is 0 Å². The third-order valence-corrected chi connectivity index (χ3v) is 3.92. The van der Waals surface area contributed by atoms with E-state index in [1.54, 1.807) is 0 Å². The molecule has 0 amide bonds. The topological polar surface area (TPSA) is 24.1 Å². The van der Waals surface area contributed by atoms with E-state index in [1.807, 2.05) is 18.8 Å². The minimum Gasteiger partial charge on any atom is -0.315 e. The van der Waals surface area contributed by atoms with Gasteiger partial charge in [0.25, 0.3) is 0 Å². The minimum atomic E-state index is 0.174. The molecule has 0 heterocycles. The van der Waals surface area contributed by atoms with Gasteiger partial charge in [-0.1, -0.05) is 22.6 Å². The Labute approximate surface area is 100 Å². The molecule has 0 bridgehead atoms. The van der Waals surface area contributed by atoms with E-state index in [0.29, 0.717) is 0 Å². The summed E-state index contributed by atoms with van der Waals surface area (Å²) >= 11 is 4.24. The zero-order valence-electron chi connectivity index (χ0n) is 9.20. The Kier molecular flexibility index (Phi) is 6.22. The first-order chi connectivity index (χ1) is 5.89. The van der Waals surface area contributed by atoms with E-state index >= 15 is 0 Å². The summed E-state index contributed by atoms with van der Waals surface area (Å²) in [7, 11) is 2.02. The fraction of sp³-hybridized carbons (Fsp3) is 1.00. The van der Waals surface area contributed by atoms with Crippen LogP contribution in [0.2, 0.25) is 0 Å². The molecular formula is C9H21IN2S. The summed E-state index contributed by atoms with van der Waals surface area (Å²) in [4.78, 5) is 0.174. The van der Waals surface area contributed by atoms with E-state index < -0.39 is 0 Å². The molecule has 1 unspecified atom stereocenters. The van der Waals surface area contributed by atoms with Gasteiger partial charge in [0.05, 0.1) is 4.87 Å². The van der Waals surface area contributed by atoms with E-state index in [1.165, 1.54) is 0 Å². The third kappa shape index (κ3) is 5.44. The molecule has 1 atom stereocenters. The van der Waals surface area contributed by atoms with Crippen molar-refractivity contribution in [3.05, 3.63) is 0 Å². The fourth-order valence-corrected chi connectivity index (χ4v) is 3.10. The first-order valence-corrected chi connectivity index (χ1v) is 7.19. The van der Waals surface area contributed by atoms with Crippen LogP contribution in [-0.4, -0.2) is 28.3 Å². The number of thioether (sulfide) groups is 1. The number of rotatable bonds is 6. The smallest absolute Gasteiger partial charge is 0.0637 e. The molecule has 0 spiro atoms. The molecule has 0 aromatic rings. The van der Waals surface area contributed by atoms with Crippen molar-refractivity contribution in [2.45, 2.75) is 37.6 Å². The van der Waals surface area contributed by atoms with Gasteiger partial charge in [-0.3, -0.25) is 5.32 Å². The second-order valence-electron chi connectivity index (χ2n) is 4.06. The highest BCUT2D eigenvalue weighted by Gasteiger charge is 2.29. The Morgan fingerprint density at radius 3 is 2.15 bits per heavy atom. The van der Waals surface area contributed by atoms with Gasteiger partial charge in [0.1, 0.15) is 0 Å². The summed E-state index contributed by atoms with van der Waals surface area (Å²) in [6.45, 7) is 6.72. The van der Waals surface area contributed by atoms with Crippen molar-refractivity contribution >= 4 is 34.4 Å². The SMILES string of the molecule is CNC(C)(C)CC(C)(NCI)SC. The summed E-state index contributed by atoms with van der Waals surface area (Å²) in [5, 5.41) is 6.84. The van der Waals surface area contributed by atoms with Gasteiger partial charge in [-0.05, 0) is 40.5 Å². The Morgan fingerprint density at radius 2 is 1.85 bits per heavy atom. The van der Waals surface area contributed by atoms with Crippen LogP contribution in [0.4, 0.5) is 0 Å². The lowest BCUT2D eigenvalue weighted by Gasteiger charge is -2.36. The Morgan fingerprint density at radius 1 is 1.31 bits per heavy atom. The van der Waals surface area contributed by atoms with Gasteiger partial charge in [0.15, 0.2) is 0 Å². The van der Waals surface area contributed by atoms with Gasteiger partial charge in [-0.2, -0.15) is 0 Å². The van der Waals surface area contributed by atoms with Crippen molar-refractivity contribution in [2.24, 2.45) is 0 Å². The standard InChI is InChI=1S/C9H21IN2S/c1-8(2,11-4)6-9(3,13-5)12-7-10/h11-12H,6-7H2,1-5H3. The molecule has 0 aromatic heterocycles. The maximum atomic E-state index is 3.51. The number of hydrogen-bond donors (Lipinski definition) is 2. The van der Waals surface area contributed by atoms with E-state index in [-0.39, 0.29) is 10.4 Å². The Hall–Kier alpha value is 1.00. The maximum Gasteiger partial charge on any atom is 0.0637 e. The third-order valence-electron chi connectivity index (χ3n) is 2.35. The minimum absolute atomic E-state index is 0.174. The summed E-state index contributed by atoms with van der Waals surface area (Å²) in [6, 6.07) is 0. The van der Waals surface area contributed by atoms with Crippen molar-refractivity contribution in [3.63, 3.8) is 0 Å². The highest BCUT2D eigenvalue weighted by atomic mass is 127. The largest absolute Gasteiger partial charge is 0.315 e. The molecule has 0 aliphatic carbocycles. The average Bonchev–Trinajstić information content (AvgIpc) is 2.04. The maximum absolute atomic E-state index is 3.51. The normalized spacial score (nSPS) is 17.1. The Balaban J connectivity index is 4.25. The highest BCUT2D eigenvalue weighted by Crippen LogP contribution is 2.28. The molecule has 0 rings (SSSR count). The zero-order valence-corrected chi connectivity index (χ0v) is 12.2. The average molecular weight is 316 g/mol. The van der Waals surface area contributed by atoms with Crippen LogP contribution in [0, 0.1) is 0 Å². The second-order valence-corrected chi connectivity index (χ2v) is 6.13. The van der Waals surface area contributed by atoms with E-state index in [2.05, 4.69) is 60.3 Å². The van der Waals surface area contributed by atoms with Crippen LogP contribution < -0.4 is 10.6 Å². The van der Waals surface area contributed by atoms with Gasteiger partial charge in [-0.25, -0.2) is 0 Å². The zero-order chi connectivity index (χ0) is 10.5. The summed E-state index contributed by atoms with van der Waals surface area (Å²) in [6.07, 6.45) is 3.27. The van der Waals surface area contributed by atoms with Crippen LogP contribution in [0.1, 0.15) is 27.2 Å². The van der Waals surface area contributed by atoms with Crippen molar-refractivity contribution in [3.8, 4) is 0 Å². The highest BCUT2D eigenvalue weighted by molar-refractivity contribution is 14.1. The van der Waals surface area contributed by atoms with Crippen LogP contribution in [0.5, 0.6) is 0 Å². The molecular weight excluding hydrogens is 295 g/mol. The molecule has 13 heavy (non-hydrogen) atoms. The van der Waals surface area contributed by atoms with E-state index in [0.717, 1.165) is 11.0 Å². The molecule has 0 radical (unpaired) electrons. The molecule has 4 heteroatoms. The van der Waals surface area contributed by atoms with Crippen LogP contribution in [0.25, 0.3) is 0 Å². The summed E-state index contributed by atoms with van der Waals surface area (Å²) in [5.41, 5.74) is 0.191. The second kappa shape index (κ2) is 5.78. The summed E-state index contributed by atoms with van der Waals surface area (Å²) in [5.74, 6) is 0.